The molecule has 2 rings (SSSR count). The van der Waals surface area contributed by atoms with Crippen molar-refractivity contribution in [1.29, 1.82) is 0 Å². The number of rotatable bonds is 4. The van der Waals surface area contributed by atoms with E-state index in [1.54, 1.807) is 11.3 Å². The van der Waals surface area contributed by atoms with Crippen molar-refractivity contribution >= 4 is 44.7 Å². The maximum absolute atomic E-state index is 5.99. The van der Waals surface area contributed by atoms with Crippen LogP contribution in [-0.4, -0.2) is 12.0 Å². The average Bonchev–Trinajstić information content (AvgIpc) is 2.90. The summed E-state index contributed by atoms with van der Waals surface area (Å²) >= 11 is 11.2. The normalized spacial score (nSPS) is 12.4. The van der Waals surface area contributed by atoms with E-state index in [1.807, 2.05) is 12.3 Å². The van der Waals surface area contributed by atoms with Gasteiger partial charge in [0.15, 0.2) is 0 Å². The van der Waals surface area contributed by atoms with Crippen molar-refractivity contribution in [1.82, 2.24) is 4.98 Å². The predicted molar refractivity (Wildman–Crippen MR) is 82.6 cm³/mol. The van der Waals surface area contributed by atoms with Crippen LogP contribution >= 0.6 is 38.9 Å². The van der Waals surface area contributed by atoms with E-state index < -0.39 is 0 Å². The van der Waals surface area contributed by atoms with E-state index in [2.05, 4.69) is 57.3 Å². The highest BCUT2D eigenvalue weighted by Gasteiger charge is 2.17. The third kappa shape index (κ3) is 2.87. The largest absolute Gasteiger partial charge is 0.352 e. The molecule has 0 amide bonds. The Morgan fingerprint density at radius 1 is 1.56 bits per heavy atom. The van der Waals surface area contributed by atoms with Crippen LogP contribution in [0.4, 0.5) is 5.82 Å². The summed E-state index contributed by atoms with van der Waals surface area (Å²) in [5.74, 6) is 1.40. The molecule has 0 aromatic carbocycles. The average molecular weight is 346 g/mol. The molecular formula is C13H14BrClN2S. The molecule has 96 valence electrons. The molecule has 0 spiro atoms. The molecule has 0 aliphatic carbocycles. The van der Waals surface area contributed by atoms with Crippen molar-refractivity contribution in [2.24, 2.45) is 0 Å². The second-order valence-electron chi connectivity index (χ2n) is 4.07. The lowest BCUT2D eigenvalue weighted by molar-refractivity contribution is 0.738. The zero-order valence-corrected chi connectivity index (χ0v) is 13.4. The zero-order valence-electron chi connectivity index (χ0n) is 10.2. The second-order valence-corrected chi connectivity index (χ2v) is 6.23. The number of hydrogen-bond acceptors (Lipinski definition) is 3. The first kappa shape index (κ1) is 13.8. The Balaban J connectivity index is 2.31. The van der Waals surface area contributed by atoms with Gasteiger partial charge in [-0.3, -0.25) is 0 Å². The Morgan fingerprint density at radius 2 is 2.33 bits per heavy atom. The molecule has 0 radical (unpaired) electrons. The molecule has 0 saturated carbocycles. The summed E-state index contributed by atoms with van der Waals surface area (Å²) in [6, 6.07) is 6.53. The monoisotopic (exact) mass is 344 g/mol. The van der Waals surface area contributed by atoms with Crippen LogP contribution in [0.3, 0.4) is 0 Å². The molecule has 5 heteroatoms. The summed E-state index contributed by atoms with van der Waals surface area (Å²) in [4.78, 5) is 7.96. The van der Waals surface area contributed by atoms with E-state index in [4.69, 9.17) is 11.6 Å². The quantitative estimate of drug-likeness (QED) is 0.737. The highest BCUT2D eigenvalue weighted by Crippen LogP contribution is 2.30. The van der Waals surface area contributed by atoms with Crippen LogP contribution in [0, 0.1) is 0 Å². The highest BCUT2D eigenvalue weighted by molar-refractivity contribution is 9.10. The lowest BCUT2D eigenvalue weighted by atomic mass is 10.2. The van der Waals surface area contributed by atoms with Crippen LogP contribution in [-0.2, 0) is 5.88 Å². The molecule has 0 aliphatic rings. The first-order valence-corrected chi connectivity index (χ1v) is 7.81. The van der Waals surface area contributed by atoms with Crippen LogP contribution < -0.4 is 4.90 Å². The van der Waals surface area contributed by atoms with Gasteiger partial charge >= 0.3 is 0 Å². The summed E-state index contributed by atoms with van der Waals surface area (Å²) in [6.07, 6.45) is 1.81. The lowest BCUT2D eigenvalue weighted by Crippen LogP contribution is -2.23. The van der Waals surface area contributed by atoms with Gasteiger partial charge in [0.2, 0.25) is 0 Å². The molecule has 0 saturated heterocycles. The Kier molecular flexibility index (Phi) is 4.65. The predicted octanol–water partition coefficient (Wildman–Crippen LogP) is 4.84. The van der Waals surface area contributed by atoms with Gasteiger partial charge in [-0.15, -0.1) is 22.9 Å². The van der Waals surface area contributed by atoms with Crippen LogP contribution in [0.5, 0.6) is 0 Å². The standard InChI is InChI=1S/C13H14BrClN2S/c1-9(12-4-3-5-18-12)17(2)13-10(7-15)6-11(14)8-16-13/h3-6,8-9H,7H2,1-2H3. The minimum Gasteiger partial charge on any atom is -0.352 e. The van der Waals surface area contributed by atoms with Gasteiger partial charge in [0.25, 0.3) is 0 Å². The maximum atomic E-state index is 5.99. The Bertz CT molecular complexity index is 516. The number of halogens is 2. The van der Waals surface area contributed by atoms with Crippen molar-refractivity contribution in [3.8, 4) is 0 Å². The van der Waals surface area contributed by atoms with E-state index in [1.165, 1.54) is 4.88 Å². The fourth-order valence-electron chi connectivity index (χ4n) is 1.79. The number of pyridine rings is 1. The van der Waals surface area contributed by atoms with Gasteiger partial charge in [0.1, 0.15) is 5.82 Å². The fraction of sp³-hybridized carbons (Fsp3) is 0.308. The molecule has 0 bridgehead atoms. The summed E-state index contributed by atoms with van der Waals surface area (Å²) in [5.41, 5.74) is 1.04. The number of nitrogens with zero attached hydrogens (tertiary/aromatic N) is 2. The second kappa shape index (κ2) is 6.04. The molecule has 18 heavy (non-hydrogen) atoms. The van der Waals surface area contributed by atoms with Gasteiger partial charge < -0.3 is 4.90 Å². The molecule has 2 nitrogen and oxygen atoms in total. The van der Waals surface area contributed by atoms with Crippen LogP contribution in [0.15, 0.2) is 34.2 Å². The van der Waals surface area contributed by atoms with Crippen molar-refractivity contribution in [3.63, 3.8) is 0 Å². The molecule has 2 aromatic rings. The Morgan fingerprint density at radius 3 is 2.94 bits per heavy atom. The first-order chi connectivity index (χ1) is 8.63. The van der Waals surface area contributed by atoms with E-state index in [0.29, 0.717) is 11.9 Å². The van der Waals surface area contributed by atoms with Gasteiger partial charge in [0, 0.05) is 28.2 Å². The van der Waals surface area contributed by atoms with Gasteiger partial charge in [0.05, 0.1) is 11.9 Å². The molecule has 0 aliphatic heterocycles. The summed E-state index contributed by atoms with van der Waals surface area (Å²) in [5, 5.41) is 2.09. The number of anilines is 1. The SMILES string of the molecule is CC(c1cccs1)N(C)c1ncc(Br)cc1CCl. The molecule has 0 fully saturated rings. The topological polar surface area (TPSA) is 16.1 Å². The summed E-state index contributed by atoms with van der Waals surface area (Å²) in [7, 11) is 2.05. The maximum Gasteiger partial charge on any atom is 0.133 e. The molecule has 1 unspecified atom stereocenters. The van der Waals surface area contributed by atoms with Gasteiger partial charge in [-0.2, -0.15) is 0 Å². The fourth-order valence-corrected chi connectivity index (χ4v) is 3.20. The zero-order chi connectivity index (χ0) is 13.1. The van der Waals surface area contributed by atoms with E-state index in [-0.39, 0.29) is 0 Å². The van der Waals surface area contributed by atoms with Crippen molar-refractivity contribution < 1.29 is 0 Å². The van der Waals surface area contributed by atoms with E-state index >= 15 is 0 Å². The minimum absolute atomic E-state index is 0.292. The van der Waals surface area contributed by atoms with Crippen molar-refractivity contribution in [3.05, 3.63) is 44.7 Å². The number of alkyl halides is 1. The minimum atomic E-state index is 0.292. The third-order valence-electron chi connectivity index (χ3n) is 2.92. The number of aromatic nitrogens is 1. The molecule has 2 heterocycles. The number of hydrogen-bond donors (Lipinski definition) is 0. The number of thiophene rings is 1. The summed E-state index contributed by atoms with van der Waals surface area (Å²) < 4.78 is 0.957. The molecule has 2 aromatic heterocycles. The third-order valence-corrected chi connectivity index (χ3v) is 4.69. The van der Waals surface area contributed by atoms with E-state index in [0.717, 1.165) is 15.9 Å². The van der Waals surface area contributed by atoms with Crippen molar-refractivity contribution in [2.75, 3.05) is 11.9 Å². The molecular weight excluding hydrogens is 332 g/mol. The molecule has 1 atom stereocenters. The smallest absolute Gasteiger partial charge is 0.133 e. The summed E-state index contributed by atoms with van der Waals surface area (Å²) in [6.45, 7) is 2.17. The molecule has 0 N–H and O–H groups in total. The Labute approximate surface area is 125 Å². The van der Waals surface area contributed by atoms with Crippen LogP contribution in [0.1, 0.15) is 23.4 Å². The van der Waals surface area contributed by atoms with Crippen LogP contribution in [0.2, 0.25) is 0 Å². The lowest BCUT2D eigenvalue weighted by Gasteiger charge is -2.27. The van der Waals surface area contributed by atoms with Crippen LogP contribution in [0.25, 0.3) is 0 Å². The Hall–Kier alpha value is -0.580. The first-order valence-electron chi connectivity index (χ1n) is 5.60. The van der Waals surface area contributed by atoms with Gasteiger partial charge in [-0.05, 0) is 40.4 Å². The highest BCUT2D eigenvalue weighted by atomic mass is 79.9. The van der Waals surface area contributed by atoms with Gasteiger partial charge in [-0.1, -0.05) is 6.07 Å². The van der Waals surface area contributed by atoms with Crippen molar-refractivity contribution in [2.45, 2.75) is 18.8 Å². The van der Waals surface area contributed by atoms with E-state index in [9.17, 15) is 0 Å². The van der Waals surface area contributed by atoms with Gasteiger partial charge in [-0.25, -0.2) is 4.98 Å².